The van der Waals surface area contributed by atoms with E-state index in [1.165, 1.54) is 16.7 Å². The van der Waals surface area contributed by atoms with Crippen molar-refractivity contribution in [2.24, 2.45) is 0 Å². The molecule has 5 heteroatoms. The monoisotopic (exact) mass is 650 g/mol. The van der Waals surface area contributed by atoms with Crippen LogP contribution in [0, 0.1) is 13.8 Å². The van der Waals surface area contributed by atoms with Crippen LogP contribution in [0.5, 0.6) is 11.5 Å². The summed E-state index contributed by atoms with van der Waals surface area (Å²) in [5, 5.41) is 0. The molecule has 0 aliphatic heterocycles. The molecule has 6 aromatic carbocycles. The fourth-order valence-electron chi connectivity index (χ4n) is 5.54. The summed E-state index contributed by atoms with van der Waals surface area (Å²) in [6, 6.07) is 45.9. The normalized spacial score (nSPS) is 11.3. The summed E-state index contributed by atoms with van der Waals surface area (Å²) in [6.07, 6.45) is 3.34. The van der Waals surface area contributed by atoms with Gasteiger partial charge in [-0.2, -0.15) is 0 Å². The number of carbonyl (C=O) groups is 1. The Bertz CT molecular complexity index is 2080. The van der Waals surface area contributed by atoms with Gasteiger partial charge in [-0.15, -0.1) is 0 Å². The highest BCUT2D eigenvalue weighted by atomic mass is 32.2. The van der Waals surface area contributed by atoms with Crippen molar-refractivity contribution in [2.45, 2.75) is 49.3 Å². The Morgan fingerprint density at radius 2 is 0.729 bits per heavy atom. The molecule has 0 heterocycles. The summed E-state index contributed by atoms with van der Waals surface area (Å²) in [5.74, 6) is 1.65. The fourth-order valence-corrected chi connectivity index (χ4v) is 6.81. The number of aryl methyl sites for hydroxylation is 6. The van der Waals surface area contributed by atoms with Gasteiger partial charge >= 0.3 is 0 Å². The van der Waals surface area contributed by atoms with E-state index in [9.17, 15) is 13.2 Å². The number of hydrogen-bond donors (Lipinski definition) is 0. The predicted octanol–water partition coefficient (Wildman–Crippen LogP) is 9.73. The Kier molecular flexibility index (Phi) is 9.98. The lowest BCUT2D eigenvalue weighted by Crippen LogP contribution is -2.03. The molecule has 0 aliphatic carbocycles. The Balaban J connectivity index is 0.983. The molecular weight excluding hydrogens is 613 g/mol. The van der Waals surface area contributed by atoms with E-state index in [-0.39, 0.29) is 5.78 Å². The quantitative estimate of drug-likeness (QED) is 0.124. The highest BCUT2D eigenvalue weighted by Gasteiger charge is 2.17. The molecule has 0 aromatic heterocycles. The van der Waals surface area contributed by atoms with Crippen molar-refractivity contribution < 1.29 is 17.9 Å². The zero-order valence-corrected chi connectivity index (χ0v) is 28.0. The largest absolute Gasteiger partial charge is 0.457 e. The van der Waals surface area contributed by atoms with E-state index in [0.717, 1.165) is 53.9 Å². The molecular formula is C43H38O4S. The van der Waals surface area contributed by atoms with Crippen LogP contribution in [0.4, 0.5) is 0 Å². The number of ether oxygens (including phenoxy) is 1. The number of rotatable bonds is 12. The second kappa shape index (κ2) is 14.7. The minimum absolute atomic E-state index is 0.00244. The van der Waals surface area contributed by atoms with Crippen LogP contribution in [0.15, 0.2) is 155 Å². The summed E-state index contributed by atoms with van der Waals surface area (Å²) in [5.41, 5.74) is 8.14. The Morgan fingerprint density at radius 3 is 1.12 bits per heavy atom. The molecule has 240 valence electrons. The van der Waals surface area contributed by atoms with Crippen molar-refractivity contribution in [3.8, 4) is 11.5 Å². The first-order chi connectivity index (χ1) is 23.2. The maximum Gasteiger partial charge on any atom is 0.206 e. The van der Waals surface area contributed by atoms with Crippen LogP contribution in [0.3, 0.4) is 0 Å². The van der Waals surface area contributed by atoms with Gasteiger partial charge in [-0.25, -0.2) is 8.42 Å². The van der Waals surface area contributed by atoms with Crippen LogP contribution in [-0.4, -0.2) is 14.2 Å². The smallest absolute Gasteiger partial charge is 0.206 e. The van der Waals surface area contributed by atoms with Gasteiger partial charge in [-0.3, -0.25) is 4.79 Å². The van der Waals surface area contributed by atoms with E-state index in [0.29, 0.717) is 20.9 Å². The molecule has 6 rings (SSSR count). The third-order valence-electron chi connectivity index (χ3n) is 8.58. The molecule has 0 saturated carbocycles. The third-order valence-corrected chi connectivity index (χ3v) is 10.4. The van der Waals surface area contributed by atoms with E-state index in [1.807, 2.05) is 116 Å². The molecule has 48 heavy (non-hydrogen) atoms. The topological polar surface area (TPSA) is 60.4 Å². The molecule has 0 amide bonds. The van der Waals surface area contributed by atoms with Gasteiger partial charge < -0.3 is 4.74 Å². The van der Waals surface area contributed by atoms with E-state index in [1.54, 1.807) is 24.3 Å². The number of carbonyl (C=O) groups excluding carboxylic acids is 1. The Hall–Kier alpha value is -5.26. The van der Waals surface area contributed by atoms with Crippen LogP contribution in [0.1, 0.15) is 49.3 Å². The van der Waals surface area contributed by atoms with Gasteiger partial charge in [0.1, 0.15) is 11.5 Å². The van der Waals surface area contributed by atoms with Crippen LogP contribution < -0.4 is 4.74 Å². The van der Waals surface area contributed by atoms with E-state index >= 15 is 0 Å². The number of hydrogen-bond acceptors (Lipinski definition) is 4. The zero-order chi connectivity index (χ0) is 33.5. The van der Waals surface area contributed by atoms with Gasteiger partial charge in [0.15, 0.2) is 5.78 Å². The minimum Gasteiger partial charge on any atom is -0.457 e. The van der Waals surface area contributed by atoms with E-state index in [2.05, 4.69) is 19.1 Å². The van der Waals surface area contributed by atoms with Crippen molar-refractivity contribution in [2.75, 3.05) is 0 Å². The SMILES string of the molecule is Cc1ccc(Oc2ccc(CCc3ccc(C(=O)c4ccc(CCc5ccc(S(=O)(=O)c6ccc(C)cc6)cc5)cc4)cc3)cc2)cc1. The Labute approximate surface area is 283 Å². The predicted molar refractivity (Wildman–Crippen MR) is 192 cm³/mol. The molecule has 0 saturated heterocycles. The molecule has 0 unspecified atom stereocenters. The van der Waals surface area contributed by atoms with Crippen LogP contribution in [-0.2, 0) is 35.5 Å². The van der Waals surface area contributed by atoms with Crippen LogP contribution in [0.25, 0.3) is 0 Å². The van der Waals surface area contributed by atoms with Crippen molar-refractivity contribution in [1.29, 1.82) is 0 Å². The van der Waals surface area contributed by atoms with E-state index < -0.39 is 9.84 Å². The summed E-state index contributed by atoms with van der Waals surface area (Å²) in [6.45, 7) is 3.99. The van der Waals surface area contributed by atoms with Gasteiger partial charge in [-0.05, 0) is 110 Å². The van der Waals surface area contributed by atoms with Gasteiger partial charge in [0.25, 0.3) is 0 Å². The van der Waals surface area contributed by atoms with Crippen molar-refractivity contribution in [1.82, 2.24) is 0 Å². The molecule has 6 aromatic rings. The lowest BCUT2D eigenvalue weighted by atomic mass is 9.98. The average molecular weight is 651 g/mol. The van der Waals surface area contributed by atoms with Gasteiger partial charge in [0.2, 0.25) is 9.84 Å². The second-order valence-corrected chi connectivity index (χ2v) is 14.2. The average Bonchev–Trinajstić information content (AvgIpc) is 3.12. The second-order valence-electron chi connectivity index (χ2n) is 12.2. The molecule has 0 N–H and O–H groups in total. The maximum atomic E-state index is 13.2. The first-order valence-electron chi connectivity index (χ1n) is 16.2. The highest BCUT2D eigenvalue weighted by molar-refractivity contribution is 7.91. The fraction of sp³-hybridized carbons (Fsp3) is 0.140. The molecule has 4 nitrogen and oxygen atoms in total. The van der Waals surface area contributed by atoms with Crippen molar-refractivity contribution in [3.63, 3.8) is 0 Å². The summed E-state index contributed by atoms with van der Waals surface area (Å²) >= 11 is 0. The van der Waals surface area contributed by atoms with Crippen LogP contribution >= 0.6 is 0 Å². The van der Waals surface area contributed by atoms with E-state index in [4.69, 9.17) is 4.74 Å². The van der Waals surface area contributed by atoms with Crippen molar-refractivity contribution >= 4 is 15.6 Å². The molecule has 0 atom stereocenters. The molecule has 0 aliphatic rings. The molecule has 0 bridgehead atoms. The molecule has 0 radical (unpaired) electrons. The zero-order valence-electron chi connectivity index (χ0n) is 27.2. The Morgan fingerprint density at radius 1 is 0.438 bits per heavy atom. The first kappa shape index (κ1) is 32.7. The lowest BCUT2D eigenvalue weighted by Gasteiger charge is -2.08. The minimum atomic E-state index is -3.54. The van der Waals surface area contributed by atoms with Crippen molar-refractivity contribution in [3.05, 3.63) is 190 Å². The first-order valence-corrected chi connectivity index (χ1v) is 17.7. The third kappa shape index (κ3) is 8.17. The number of benzene rings is 6. The molecule has 0 fully saturated rings. The standard InChI is InChI=1S/C43H38O4S/c1-31-3-23-39(24-4-31)47-40-25-15-35(16-26-40)9-7-33-11-19-37(20-12-33)43(44)38-21-13-34(14-22-38)8-10-36-17-29-42(30-18-36)48(45,46)41-27-5-32(2)6-28-41/h3-6,11-30H,7-10H2,1-2H3. The lowest BCUT2D eigenvalue weighted by molar-refractivity contribution is 0.103. The maximum absolute atomic E-state index is 13.2. The summed E-state index contributed by atoms with van der Waals surface area (Å²) in [7, 11) is -3.54. The van der Waals surface area contributed by atoms with Gasteiger partial charge in [0.05, 0.1) is 9.79 Å². The van der Waals surface area contributed by atoms with Gasteiger partial charge in [-0.1, -0.05) is 108 Å². The van der Waals surface area contributed by atoms with Crippen LogP contribution in [0.2, 0.25) is 0 Å². The highest BCUT2D eigenvalue weighted by Crippen LogP contribution is 2.24. The number of ketones is 1. The summed E-state index contributed by atoms with van der Waals surface area (Å²) in [4.78, 5) is 13.8. The summed E-state index contributed by atoms with van der Waals surface area (Å²) < 4.78 is 31.8. The number of sulfone groups is 1. The van der Waals surface area contributed by atoms with Gasteiger partial charge in [0, 0.05) is 11.1 Å². The molecule has 0 spiro atoms.